The third-order valence-corrected chi connectivity index (χ3v) is 4.45. The lowest BCUT2D eigenvalue weighted by Gasteiger charge is -2.01. The summed E-state index contributed by atoms with van der Waals surface area (Å²) in [6.45, 7) is 6.02. The fraction of sp³-hybridized carbons (Fsp3) is 0.360. The molecule has 130 valence electrons. The van der Waals surface area contributed by atoms with E-state index in [1.54, 1.807) is 0 Å². The van der Waals surface area contributed by atoms with Crippen LogP contribution in [0.3, 0.4) is 0 Å². The van der Waals surface area contributed by atoms with E-state index in [4.69, 9.17) is 0 Å². The van der Waals surface area contributed by atoms with E-state index < -0.39 is 0 Å². The van der Waals surface area contributed by atoms with Crippen LogP contribution >= 0.6 is 0 Å². The van der Waals surface area contributed by atoms with Gasteiger partial charge in [0.25, 0.3) is 0 Å². The average Bonchev–Trinajstić information content (AvgIpc) is 2.66. The number of benzene rings is 2. The fourth-order valence-corrected chi connectivity index (χ4v) is 2.86. The Morgan fingerprint density at radius 1 is 0.720 bits per heavy atom. The lowest BCUT2D eigenvalue weighted by atomic mass is 10.0. The largest absolute Gasteiger partial charge is 0.103 e. The second kappa shape index (κ2) is 11.3. The zero-order valence-electron chi connectivity index (χ0n) is 15.6. The van der Waals surface area contributed by atoms with Crippen LogP contribution in [-0.4, -0.2) is 0 Å². The van der Waals surface area contributed by atoms with Gasteiger partial charge in [-0.2, -0.15) is 0 Å². The summed E-state index contributed by atoms with van der Waals surface area (Å²) in [7, 11) is 0. The Balaban J connectivity index is 1.86. The average molecular weight is 331 g/mol. The minimum Gasteiger partial charge on any atom is -0.103 e. The van der Waals surface area contributed by atoms with Crippen LogP contribution in [0.15, 0.2) is 61.2 Å². The van der Waals surface area contributed by atoms with Gasteiger partial charge in [0, 0.05) is 11.1 Å². The van der Waals surface area contributed by atoms with Gasteiger partial charge < -0.3 is 0 Å². The van der Waals surface area contributed by atoms with Crippen LogP contribution in [0.1, 0.15) is 67.7 Å². The minimum atomic E-state index is 1.08. The first-order valence-corrected chi connectivity index (χ1v) is 9.62. The van der Waals surface area contributed by atoms with Crippen molar-refractivity contribution in [2.75, 3.05) is 0 Å². The van der Waals surface area contributed by atoms with Gasteiger partial charge in [0.1, 0.15) is 0 Å². The minimum absolute atomic E-state index is 1.08. The second-order valence-corrected chi connectivity index (χ2v) is 6.64. The number of rotatable bonds is 9. The van der Waals surface area contributed by atoms with E-state index in [2.05, 4.69) is 73.9 Å². The predicted molar refractivity (Wildman–Crippen MR) is 110 cm³/mol. The molecule has 0 unspecified atom stereocenters. The molecule has 2 aromatic rings. The maximum Gasteiger partial charge on any atom is 0.0249 e. The van der Waals surface area contributed by atoms with E-state index in [1.807, 2.05) is 6.08 Å². The second-order valence-electron chi connectivity index (χ2n) is 6.64. The topological polar surface area (TPSA) is 0 Å². The molecule has 0 fully saturated rings. The van der Waals surface area contributed by atoms with Crippen LogP contribution in [0, 0.1) is 11.8 Å². The summed E-state index contributed by atoms with van der Waals surface area (Å²) in [6.07, 6.45) is 11.8. The molecule has 0 heteroatoms. The van der Waals surface area contributed by atoms with E-state index in [0.717, 1.165) is 24.0 Å². The lowest BCUT2D eigenvalue weighted by Crippen LogP contribution is -1.86. The third-order valence-electron chi connectivity index (χ3n) is 4.45. The monoisotopic (exact) mass is 330 g/mol. The Kier molecular flexibility index (Phi) is 8.64. The fourth-order valence-electron chi connectivity index (χ4n) is 2.86. The first kappa shape index (κ1) is 19.1. The molecule has 0 aliphatic heterocycles. The van der Waals surface area contributed by atoms with Crippen LogP contribution in [0.5, 0.6) is 0 Å². The molecule has 0 N–H and O–H groups in total. The molecule has 0 atom stereocenters. The summed E-state index contributed by atoms with van der Waals surface area (Å²) in [5.74, 6) is 6.54. The smallest absolute Gasteiger partial charge is 0.0249 e. The molecule has 0 aliphatic carbocycles. The number of allylic oxidation sites excluding steroid dienone is 1. The molecule has 2 rings (SSSR count). The molecule has 0 spiro atoms. The van der Waals surface area contributed by atoms with Gasteiger partial charge in [0.2, 0.25) is 0 Å². The summed E-state index contributed by atoms with van der Waals surface area (Å²) < 4.78 is 0. The van der Waals surface area contributed by atoms with E-state index in [0.29, 0.717) is 0 Å². The van der Waals surface area contributed by atoms with Crippen molar-refractivity contribution >= 4 is 0 Å². The van der Waals surface area contributed by atoms with E-state index >= 15 is 0 Å². The van der Waals surface area contributed by atoms with Gasteiger partial charge in [-0.25, -0.2) is 0 Å². The number of unbranched alkanes of at least 4 members (excludes halogenated alkanes) is 4. The molecular formula is C25H30. The maximum absolute atomic E-state index is 3.77. The van der Waals surface area contributed by atoms with Gasteiger partial charge in [-0.1, -0.05) is 68.4 Å². The molecular weight excluding hydrogens is 300 g/mol. The van der Waals surface area contributed by atoms with Crippen molar-refractivity contribution < 1.29 is 0 Å². The van der Waals surface area contributed by atoms with Crippen molar-refractivity contribution in [2.45, 2.75) is 58.3 Å². The first-order chi connectivity index (χ1) is 12.3. The zero-order chi connectivity index (χ0) is 17.7. The standard InChI is InChI=1S/C25H30/c1-3-5-7-9-11-23-14-18-25(19-15-23)21-20-24-16-12-22(13-17-24)10-8-6-4-2/h4,12-19H,2-3,5-11H2,1H3. The van der Waals surface area contributed by atoms with Crippen molar-refractivity contribution in [1.82, 2.24) is 0 Å². The Morgan fingerprint density at radius 2 is 1.24 bits per heavy atom. The molecule has 0 heterocycles. The predicted octanol–water partition coefficient (Wildman–Crippen LogP) is 6.72. The SMILES string of the molecule is C=CCCCc1ccc(C#Cc2ccc(CCCCCC)cc2)cc1. The Hall–Kier alpha value is -2.26. The Bertz CT molecular complexity index is 678. The summed E-state index contributed by atoms with van der Waals surface area (Å²) >= 11 is 0. The molecule has 2 aromatic carbocycles. The highest BCUT2D eigenvalue weighted by molar-refractivity contribution is 5.44. The summed E-state index contributed by atoms with van der Waals surface area (Å²) in [5.41, 5.74) is 4.97. The highest BCUT2D eigenvalue weighted by atomic mass is 14.0. The van der Waals surface area contributed by atoms with Gasteiger partial charge in [-0.3, -0.25) is 0 Å². The van der Waals surface area contributed by atoms with Crippen LogP contribution in [-0.2, 0) is 12.8 Å². The van der Waals surface area contributed by atoms with Crippen molar-refractivity contribution in [3.8, 4) is 11.8 Å². The molecule has 0 aliphatic rings. The van der Waals surface area contributed by atoms with E-state index in [9.17, 15) is 0 Å². The Morgan fingerprint density at radius 3 is 1.72 bits per heavy atom. The molecule has 0 amide bonds. The van der Waals surface area contributed by atoms with Gasteiger partial charge in [-0.15, -0.1) is 6.58 Å². The lowest BCUT2D eigenvalue weighted by molar-refractivity contribution is 0.667. The van der Waals surface area contributed by atoms with E-state index in [1.165, 1.54) is 49.7 Å². The van der Waals surface area contributed by atoms with Crippen molar-refractivity contribution in [3.05, 3.63) is 83.4 Å². The van der Waals surface area contributed by atoms with Gasteiger partial charge in [0.05, 0.1) is 0 Å². The highest BCUT2D eigenvalue weighted by Crippen LogP contribution is 2.10. The van der Waals surface area contributed by atoms with Crippen LogP contribution in [0.2, 0.25) is 0 Å². The van der Waals surface area contributed by atoms with E-state index in [-0.39, 0.29) is 0 Å². The van der Waals surface area contributed by atoms with Crippen molar-refractivity contribution in [1.29, 1.82) is 0 Å². The van der Waals surface area contributed by atoms with Gasteiger partial charge >= 0.3 is 0 Å². The molecule has 0 saturated heterocycles. The number of hydrogen-bond donors (Lipinski definition) is 0. The van der Waals surface area contributed by atoms with Crippen LogP contribution in [0.4, 0.5) is 0 Å². The molecule has 0 nitrogen and oxygen atoms in total. The summed E-state index contributed by atoms with van der Waals surface area (Å²) in [6, 6.07) is 17.4. The van der Waals surface area contributed by atoms with Crippen molar-refractivity contribution in [2.24, 2.45) is 0 Å². The molecule has 0 radical (unpaired) electrons. The van der Waals surface area contributed by atoms with Gasteiger partial charge in [-0.05, 0) is 67.5 Å². The third kappa shape index (κ3) is 7.44. The number of hydrogen-bond acceptors (Lipinski definition) is 0. The maximum atomic E-state index is 3.77. The quantitative estimate of drug-likeness (QED) is 0.272. The highest BCUT2D eigenvalue weighted by Gasteiger charge is 1.95. The zero-order valence-corrected chi connectivity index (χ0v) is 15.6. The molecule has 25 heavy (non-hydrogen) atoms. The summed E-state index contributed by atoms with van der Waals surface area (Å²) in [4.78, 5) is 0. The Labute approximate surface area is 154 Å². The molecule has 0 bridgehead atoms. The first-order valence-electron chi connectivity index (χ1n) is 9.62. The molecule has 0 aromatic heterocycles. The van der Waals surface area contributed by atoms with Gasteiger partial charge in [0.15, 0.2) is 0 Å². The van der Waals surface area contributed by atoms with Crippen LogP contribution in [0.25, 0.3) is 0 Å². The summed E-state index contributed by atoms with van der Waals surface area (Å²) in [5, 5.41) is 0. The number of aryl methyl sites for hydroxylation is 2. The van der Waals surface area contributed by atoms with Crippen molar-refractivity contribution in [3.63, 3.8) is 0 Å². The molecule has 0 saturated carbocycles. The van der Waals surface area contributed by atoms with Crippen LogP contribution < -0.4 is 0 Å². The normalized spacial score (nSPS) is 10.1.